The van der Waals surface area contributed by atoms with E-state index in [9.17, 15) is 18.4 Å². The Morgan fingerprint density at radius 3 is 2.28 bits per heavy atom. The number of benzene rings is 1. The summed E-state index contributed by atoms with van der Waals surface area (Å²) in [5.74, 6) is -3.90. The molecule has 0 atom stereocenters. The van der Waals surface area contributed by atoms with E-state index in [1.54, 1.807) is 0 Å². The monoisotopic (exact) mass is 258 g/mol. The Bertz CT molecular complexity index is 454. The van der Waals surface area contributed by atoms with Crippen LogP contribution in [0.4, 0.5) is 14.5 Å². The third kappa shape index (κ3) is 3.69. The van der Waals surface area contributed by atoms with Crippen molar-refractivity contribution in [2.45, 2.75) is 12.8 Å². The predicted molar refractivity (Wildman–Crippen MR) is 60.2 cm³/mol. The van der Waals surface area contributed by atoms with Gasteiger partial charge in [-0.2, -0.15) is 0 Å². The number of primary amides is 1. The quantitative estimate of drug-likeness (QED) is 0.671. The highest BCUT2D eigenvalue weighted by atomic mass is 19.1. The van der Waals surface area contributed by atoms with Gasteiger partial charge in [0, 0.05) is 13.0 Å². The molecule has 0 aliphatic heterocycles. The minimum absolute atomic E-state index is 0.101. The van der Waals surface area contributed by atoms with Gasteiger partial charge in [-0.1, -0.05) is 0 Å². The highest BCUT2D eigenvalue weighted by Gasteiger charge is 2.14. The fourth-order valence-electron chi connectivity index (χ4n) is 1.34. The summed E-state index contributed by atoms with van der Waals surface area (Å²) in [4.78, 5) is 21.0. The molecule has 0 aliphatic rings. The zero-order valence-electron chi connectivity index (χ0n) is 9.37. The molecule has 0 spiro atoms. The predicted octanol–water partition coefficient (Wildman–Crippen LogP) is 1.34. The molecule has 18 heavy (non-hydrogen) atoms. The van der Waals surface area contributed by atoms with Gasteiger partial charge in [0.2, 0.25) is 5.91 Å². The van der Waals surface area contributed by atoms with Crippen LogP contribution in [0, 0.1) is 11.6 Å². The van der Waals surface area contributed by atoms with E-state index in [1.807, 2.05) is 0 Å². The molecule has 0 saturated heterocycles. The van der Waals surface area contributed by atoms with Crippen molar-refractivity contribution < 1.29 is 23.5 Å². The molecule has 0 heterocycles. The summed E-state index contributed by atoms with van der Waals surface area (Å²) in [6.45, 7) is 0.156. The van der Waals surface area contributed by atoms with E-state index in [1.165, 1.54) is 0 Å². The average Bonchev–Trinajstić information content (AvgIpc) is 2.26. The third-order valence-corrected chi connectivity index (χ3v) is 2.19. The minimum Gasteiger partial charge on any atom is -0.478 e. The number of nitrogens with one attached hydrogen (secondary N) is 1. The van der Waals surface area contributed by atoms with Crippen LogP contribution in [-0.2, 0) is 4.79 Å². The number of anilines is 1. The zero-order chi connectivity index (χ0) is 13.7. The molecular weight excluding hydrogens is 246 g/mol. The molecule has 5 nitrogen and oxygen atoms in total. The van der Waals surface area contributed by atoms with Crippen LogP contribution in [0.15, 0.2) is 12.1 Å². The van der Waals surface area contributed by atoms with E-state index < -0.39 is 34.8 Å². The fraction of sp³-hybridized carbons (Fsp3) is 0.273. The van der Waals surface area contributed by atoms with Gasteiger partial charge in [0.25, 0.3) is 0 Å². The van der Waals surface area contributed by atoms with Gasteiger partial charge in [-0.15, -0.1) is 0 Å². The summed E-state index contributed by atoms with van der Waals surface area (Å²) < 4.78 is 26.8. The number of halogens is 2. The van der Waals surface area contributed by atoms with E-state index in [0.29, 0.717) is 6.42 Å². The maximum Gasteiger partial charge on any atom is 0.335 e. The molecule has 1 amide bonds. The summed E-state index contributed by atoms with van der Waals surface area (Å²) in [6, 6.07) is 1.45. The molecule has 7 heteroatoms. The second-order valence-corrected chi connectivity index (χ2v) is 3.62. The highest BCUT2D eigenvalue weighted by molar-refractivity contribution is 5.88. The fourth-order valence-corrected chi connectivity index (χ4v) is 1.34. The first-order valence-electron chi connectivity index (χ1n) is 5.16. The van der Waals surface area contributed by atoms with Gasteiger partial charge < -0.3 is 16.2 Å². The normalized spacial score (nSPS) is 10.1. The summed E-state index contributed by atoms with van der Waals surface area (Å²) in [5.41, 5.74) is 4.03. The number of carboxylic acids is 1. The molecule has 0 radical (unpaired) electrons. The topological polar surface area (TPSA) is 92.4 Å². The molecule has 0 fully saturated rings. The number of rotatable bonds is 6. The molecule has 98 valence electrons. The second kappa shape index (κ2) is 5.95. The highest BCUT2D eigenvalue weighted by Crippen LogP contribution is 2.20. The molecule has 1 aromatic rings. The van der Waals surface area contributed by atoms with Gasteiger partial charge in [-0.05, 0) is 18.6 Å². The first kappa shape index (κ1) is 13.9. The SMILES string of the molecule is NC(=O)CCCNc1c(F)cc(C(=O)O)cc1F. The smallest absolute Gasteiger partial charge is 0.335 e. The van der Waals surface area contributed by atoms with Gasteiger partial charge in [0.15, 0.2) is 0 Å². The summed E-state index contributed by atoms with van der Waals surface area (Å²) in [5, 5.41) is 11.0. The number of nitrogens with two attached hydrogens (primary N) is 1. The van der Waals surface area contributed by atoms with Crippen molar-refractivity contribution in [3.63, 3.8) is 0 Å². The van der Waals surface area contributed by atoms with Gasteiger partial charge in [0.1, 0.15) is 17.3 Å². The van der Waals surface area contributed by atoms with Crippen LogP contribution in [0.3, 0.4) is 0 Å². The standard InChI is InChI=1S/C11H12F2N2O3/c12-7-4-6(11(17)18)5-8(13)10(7)15-3-1-2-9(14)16/h4-5,15H,1-3H2,(H2,14,16)(H,17,18). The molecule has 0 aliphatic carbocycles. The van der Waals surface area contributed by atoms with Crippen LogP contribution in [0.5, 0.6) is 0 Å². The van der Waals surface area contributed by atoms with Crippen molar-refractivity contribution in [1.82, 2.24) is 0 Å². The summed E-state index contributed by atoms with van der Waals surface area (Å²) in [6.07, 6.45) is 0.429. The van der Waals surface area contributed by atoms with Crippen molar-refractivity contribution in [1.29, 1.82) is 0 Å². The lowest BCUT2D eigenvalue weighted by Crippen LogP contribution is -2.13. The van der Waals surface area contributed by atoms with E-state index >= 15 is 0 Å². The first-order valence-corrected chi connectivity index (χ1v) is 5.16. The number of aromatic carboxylic acids is 1. The summed E-state index contributed by atoms with van der Waals surface area (Å²) >= 11 is 0. The maximum absolute atomic E-state index is 13.4. The van der Waals surface area contributed by atoms with Crippen molar-refractivity contribution in [3.05, 3.63) is 29.3 Å². The first-order chi connectivity index (χ1) is 8.41. The number of carboxylic acid groups (broad SMARTS) is 1. The molecule has 1 aromatic carbocycles. The Morgan fingerprint density at radius 1 is 1.28 bits per heavy atom. The largest absolute Gasteiger partial charge is 0.478 e. The molecular formula is C11H12F2N2O3. The van der Waals surface area contributed by atoms with E-state index in [-0.39, 0.29) is 13.0 Å². The number of hydrogen-bond donors (Lipinski definition) is 3. The number of carbonyl (C=O) groups is 2. The maximum atomic E-state index is 13.4. The van der Waals surface area contributed by atoms with Gasteiger partial charge >= 0.3 is 5.97 Å². The van der Waals surface area contributed by atoms with E-state index in [0.717, 1.165) is 12.1 Å². The zero-order valence-corrected chi connectivity index (χ0v) is 9.37. The molecule has 0 saturated carbocycles. The average molecular weight is 258 g/mol. The van der Waals surface area contributed by atoms with Crippen molar-refractivity contribution >= 4 is 17.6 Å². The molecule has 1 rings (SSSR count). The van der Waals surface area contributed by atoms with Crippen LogP contribution in [0.1, 0.15) is 23.2 Å². The Morgan fingerprint density at radius 2 is 1.83 bits per heavy atom. The second-order valence-electron chi connectivity index (χ2n) is 3.62. The van der Waals surface area contributed by atoms with Crippen LogP contribution in [0.2, 0.25) is 0 Å². The molecule has 0 unspecified atom stereocenters. The third-order valence-electron chi connectivity index (χ3n) is 2.19. The van der Waals surface area contributed by atoms with E-state index in [4.69, 9.17) is 10.8 Å². The number of hydrogen-bond acceptors (Lipinski definition) is 3. The Balaban J connectivity index is 2.72. The van der Waals surface area contributed by atoms with E-state index in [2.05, 4.69) is 5.32 Å². The van der Waals surface area contributed by atoms with Crippen molar-refractivity contribution in [2.75, 3.05) is 11.9 Å². The van der Waals surface area contributed by atoms with Crippen LogP contribution in [-0.4, -0.2) is 23.5 Å². The number of amides is 1. The Hall–Kier alpha value is -2.18. The minimum atomic E-state index is -1.41. The van der Waals surface area contributed by atoms with Gasteiger partial charge in [0.05, 0.1) is 5.56 Å². The molecule has 0 aromatic heterocycles. The lowest BCUT2D eigenvalue weighted by Gasteiger charge is -2.09. The molecule has 4 N–H and O–H groups in total. The van der Waals surface area contributed by atoms with Crippen LogP contribution < -0.4 is 11.1 Å². The van der Waals surface area contributed by atoms with Crippen LogP contribution in [0.25, 0.3) is 0 Å². The van der Waals surface area contributed by atoms with Crippen LogP contribution >= 0.6 is 0 Å². The molecule has 0 bridgehead atoms. The van der Waals surface area contributed by atoms with Crippen molar-refractivity contribution in [2.24, 2.45) is 5.73 Å². The Kier molecular flexibility index (Phi) is 4.59. The van der Waals surface area contributed by atoms with Crippen molar-refractivity contribution in [3.8, 4) is 0 Å². The lowest BCUT2D eigenvalue weighted by molar-refractivity contribution is -0.118. The number of carbonyl (C=O) groups excluding carboxylic acids is 1. The summed E-state index contributed by atoms with van der Waals surface area (Å²) in [7, 11) is 0. The van der Waals surface area contributed by atoms with Gasteiger partial charge in [-0.25, -0.2) is 13.6 Å². The Labute approximate surface area is 102 Å². The van der Waals surface area contributed by atoms with Gasteiger partial charge in [-0.3, -0.25) is 4.79 Å². The lowest BCUT2D eigenvalue weighted by atomic mass is 10.2.